The van der Waals surface area contributed by atoms with Gasteiger partial charge >= 0.3 is 0 Å². The van der Waals surface area contributed by atoms with Crippen LogP contribution in [0.4, 0.5) is 0 Å². The zero-order valence-corrected chi connectivity index (χ0v) is 12.3. The van der Waals surface area contributed by atoms with Crippen molar-refractivity contribution in [1.82, 2.24) is 5.32 Å². The van der Waals surface area contributed by atoms with E-state index in [-0.39, 0.29) is 0 Å². The summed E-state index contributed by atoms with van der Waals surface area (Å²) >= 11 is 0. The zero-order chi connectivity index (χ0) is 13.2. The first-order valence-corrected chi connectivity index (χ1v) is 7.46. The Kier molecular flexibility index (Phi) is 7.75. The highest BCUT2D eigenvalue weighted by Gasteiger charge is 2.08. The van der Waals surface area contributed by atoms with E-state index in [0.29, 0.717) is 0 Å². The van der Waals surface area contributed by atoms with Crippen molar-refractivity contribution < 1.29 is 0 Å². The molecule has 1 aromatic rings. The number of aryl methyl sites for hydroxylation is 1. The Morgan fingerprint density at radius 2 is 2.00 bits per heavy atom. The van der Waals surface area contributed by atoms with E-state index in [1.54, 1.807) is 0 Å². The highest BCUT2D eigenvalue weighted by Crippen LogP contribution is 2.16. The van der Waals surface area contributed by atoms with E-state index in [0.717, 1.165) is 12.5 Å². The lowest BCUT2D eigenvalue weighted by Crippen LogP contribution is -2.20. The minimum Gasteiger partial charge on any atom is -0.319 e. The first-order valence-electron chi connectivity index (χ1n) is 7.46. The first-order chi connectivity index (χ1) is 8.76. The van der Waals surface area contributed by atoms with E-state index < -0.39 is 0 Å². The summed E-state index contributed by atoms with van der Waals surface area (Å²) in [5.74, 6) is 0.786. The second kappa shape index (κ2) is 9.16. The van der Waals surface area contributed by atoms with E-state index >= 15 is 0 Å². The predicted molar refractivity (Wildman–Crippen MR) is 81.1 cm³/mol. The molecule has 0 fully saturated rings. The maximum Gasteiger partial charge on any atom is -0.00203 e. The van der Waals surface area contributed by atoms with Crippen molar-refractivity contribution in [1.29, 1.82) is 0 Å². The summed E-state index contributed by atoms with van der Waals surface area (Å²) in [7, 11) is 2.06. The summed E-state index contributed by atoms with van der Waals surface area (Å²) in [5, 5.41) is 3.34. The number of hydrogen-bond acceptors (Lipinski definition) is 1. The van der Waals surface area contributed by atoms with Crippen molar-refractivity contribution in [3.63, 3.8) is 0 Å². The topological polar surface area (TPSA) is 12.0 Å². The molecule has 1 nitrogen and oxygen atoms in total. The lowest BCUT2D eigenvalue weighted by atomic mass is 9.93. The van der Waals surface area contributed by atoms with E-state index in [1.807, 2.05) is 0 Å². The third kappa shape index (κ3) is 6.20. The summed E-state index contributed by atoms with van der Waals surface area (Å²) in [5.41, 5.74) is 2.87. The first kappa shape index (κ1) is 15.2. The third-order valence-corrected chi connectivity index (χ3v) is 3.57. The molecule has 1 unspecified atom stereocenters. The minimum absolute atomic E-state index is 0.786. The van der Waals surface area contributed by atoms with Crippen LogP contribution < -0.4 is 5.32 Å². The van der Waals surface area contributed by atoms with Crippen molar-refractivity contribution in [2.75, 3.05) is 13.6 Å². The maximum atomic E-state index is 3.34. The molecule has 0 aliphatic carbocycles. The third-order valence-electron chi connectivity index (χ3n) is 3.57. The van der Waals surface area contributed by atoms with E-state index in [1.165, 1.54) is 49.7 Å². The van der Waals surface area contributed by atoms with Crippen molar-refractivity contribution in [3.8, 4) is 0 Å². The fraction of sp³-hybridized carbons (Fsp3) is 0.647. The summed E-state index contributed by atoms with van der Waals surface area (Å²) in [6.45, 7) is 5.59. The Morgan fingerprint density at radius 3 is 2.67 bits per heavy atom. The molecule has 0 saturated heterocycles. The maximum absolute atomic E-state index is 3.34. The van der Waals surface area contributed by atoms with Crippen LogP contribution in [0.5, 0.6) is 0 Å². The van der Waals surface area contributed by atoms with Gasteiger partial charge in [-0.25, -0.2) is 0 Å². The lowest BCUT2D eigenvalue weighted by molar-refractivity contribution is 0.435. The summed E-state index contributed by atoms with van der Waals surface area (Å²) in [4.78, 5) is 0. The number of hydrogen-bond donors (Lipinski definition) is 1. The number of benzene rings is 1. The molecule has 0 aliphatic rings. The van der Waals surface area contributed by atoms with Crippen molar-refractivity contribution in [3.05, 3.63) is 35.4 Å². The quantitative estimate of drug-likeness (QED) is 0.640. The van der Waals surface area contributed by atoms with Gasteiger partial charge in [0, 0.05) is 0 Å². The average Bonchev–Trinajstić information content (AvgIpc) is 2.35. The second-order valence-electron chi connectivity index (χ2n) is 5.47. The molecule has 0 aliphatic heterocycles. The molecule has 1 N–H and O–H groups in total. The van der Waals surface area contributed by atoms with E-state index in [4.69, 9.17) is 0 Å². The van der Waals surface area contributed by atoms with Gasteiger partial charge in [0.2, 0.25) is 0 Å². The van der Waals surface area contributed by atoms with Gasteiger partial charge in [-0.2, -0.15) is 0 Å². The molecule has 102 valence electrons. The Labute approximate surface area is 113 Å². The highest BCUT2D eigenvalue weighted by molar-refractivity contribution is 5.22. The minimum atomic E-state index is 0.786. The Bertz CT molecular complexity index is 319. The Hall–Kier alpha value is -0.820. The van der Waals surface area contributed by atoms with Crippen LogP contribution in [0.15, 0.2) is 24.3 Å². The molecular weight excluding hydrogens is 218 g/mol. The zero-order valence-electron chi connectivity index (χ0n) is 12.3. The molecule has 1 atom stereocenters. The fourth-order valence-corrected chi connectivity index (χ4v) is 2.60. The van der Waals surface area contributed by atoms with Gasteiger partial charge in [0.15, 0.2) is 0 Å². The van der Waals surface area contributed by atoms with Gasteiger partial charge in [-0.1, -0.05) is 62.4 Å². The van der Waals surface area contributed by atoms with Crippen LogP contribution in [0.1, 0.15) is 50.2 Å². The molecule has 0 radical (unpaired) electrons. The standard InChI is InChI=1S/C17H29N/c1-4-5-6-7-10-17(14-18-3)13-16-11-8-9-15(2)12-16/h8-9,11-12,17-18H,4-7,10,13-14H2,1-3H3. The van der Waals surface area contributed by atoms with Crippen LogP contribution in [0.2, 0.25) is 0 Å². The smallest absolute Gasteiger partial charge is 0.00203 e. The molecule has 18 heavy (non-hydrogen) atoms. The molecule has 0 spiro atoms. The lowest BCUT2D eigenvalue weighted by Gasteiger charge is -2.17. The average molecular weight is 247 g/mol. The van der Waals surface area contributed by atoms with Crippen molar-refractivity contribution >= 4 is 0 Å². The van der Waals surface area contributed by atoms with Crippen LogP contribution >= 0.6 is 0 Å². The van der Waals surface area contributed by atoms with Crippen LogP contribution in [0.25, 0.3) is 0 Å². The molecule has 0 amide bonds. The Morgan fingerprint density at radius 1 is 1.17 bits per heavy atom. The summed E-state index contributed by atoms with van der Waals surface area (Å²) < 4.78 is 0. The van der Waals surface area contributed by atoms with Gasteiger partial charge in [0.05, 0.1) is 0 Å². The number of rotatable bonds is 9. The number of unbranched alkanes of at least 4 members (excludes halogenated alkanes) is 3. The molecule has 0 aromatic heterocycles. The monoisotopic (exact) mass is 247 g/mol. The van der Waals surface area contributed by atoms with Gasteiger partial charge in [0.1, 0.15) is 0 Å². The van der Waals surface area contributed by atoms with Gasteiger partial charge in [0.25, 0.3) is 0 Å². The second-order valence-corrected chi connectivity index (χ2v) is 5.47. The van der Waals surface area contributed by atoms with Gasteiger partial charge in [-0.05, 0) is 44.8 Å². The van der Waals surface area contributed by atoms with Crippen LogP contribution in [0, 0.1) is 12.8 Å². The van der Waals surface area contributed by atoms with E-state index in [2.05, 4.69) is 50.5 Å². The van der Waals surface area contributed by atoms with Gasteiger partial charge in [-0.3, -0.25) is 0 Å². The van der Waals surface area contributed by atoms with Crippen molar-refractivity contribution in [2.24, 2.45) is 5.92 Å². The molecule has 1 heteroatoms. The number of nitrogens with one attached hydrogen (secondary N) is 1. The van der Waals surface area contributed by atoms with Crippen LogP contribution in [-0.2, 0) is 6.42 Å². The van der Waals surface area contributed by atoms with Crippen molar-refractivity contribution in [2.45, 2.75) is 52.4 Å². The largest absolute Gasteiger partial charge is 0.319 e. The van der Waals surface area contributed by atoms with Gasteiger partial charge in [-0.15, -0.1) is 0 Å². The SMILES string of the molecule is CCCCCCC(CNC)Cc1cccc(C)c1. The predicted octanol–water partition coefficient (Wildman–Crippen LogP) is 4.34. The molecular formula is C17H29N. The summed E-state index contributed by atoms with van der Waals surface area (Å²) in [6.07, 6.45) is 8.06. The molecule has 0 saturated carbocycles. The van der Waals surface area contributed by atoms with E-state index in [9.17, 15) is 0 Å². The van der Waals surface area contributed by atoms with Gasteiger partial charge < -0.3 is 5.32 Å². The highest BCUT2D eigenvalue weighted by atomic mass is 14.8. The Balaban J connectivity index is 2.41. The molecule has 0 heterocycles. The molecule has 1 rings (SSSR count). The van der Waals surface area contributed by atoms with Crippen LogP contribution in [-0.4, -0.2) is 13.6 Å². The normalized spacial score (nSPS) is 12.6. The summed E-state index contributed by atoms with van der Waals surface area (Å²) in [6, 6.07) is 8.95. The molecule has 0 bridgehead atoms. The fourth-order valence-electron chi connectivity index (χ4n) is 2.60. The van der Waals surface area contributed by atoms with Crippen LogP contribution in [0.3, 0.4) is 0 Å². The molecule has 1 aromatic carbocycles.